The Bertz CT molecular complexity index is 392. The summed E-state index contributed by atoms with van der Waals surface area (Å²) < 4.78 is 5.82. The zero-order valence-electron chi connectivity index (χ0n) is 11.5. The second kappa shape index (κ2) is 5.57. The Labute approximate surface area is 109 Å². The minimum Gasteiger partial charge on any atom is -0.487 e. The van der Waals surface area contributed by atoms with E-state index in [9.17, 15) is 0 Å². The molecule has 1 saturated heterocycles. The second-order valence-corrected chi connectivity index (χ2v) is 5.35. The average Bonchev–Trinajstić information content (AvgIpc) is 2.78. The molecule has 2 N–H and O–H groups in total. The highest BCUT2D eigenvalue weighted by molar-refractivity contribution is 5.52. The van der Waals surface area contributed by atoms with Crippen molar-refractivity contribution in [1.29, 1.82) is 0 Å². The van der Waals surface area contributed by atoms with Crippen LogP contribution in [0.15, 0.2) is 18.3 Å². The van der Waals surface area contributed by atoms with E-state index in [2.05, 4.69) is 16.8 Å². The Morgan fingerprint density at radius 1 is 1.44 bits per heavy atom. The summed E-state index contributed by atoms with van der Waals surface area (Å²) in [4.78, 5) is 6.75. The van der Waals surface area contributed by atoms with Crippen LogP contribution < -0.4 is 15.4 Å². The molecular formula is C14H23N3O. The Morgan fingerprint density at radius 3 is 2.83 bits per heavy atom. The van der Waals surface area contributed by atoms with Crippen molar-refractivity contribution in [2.24, 2.45) is 11.7 Å². The molecule has 1 aliphatic heterocycles. The normalized spacial score (nSPS) is 21.4. The molecule has 2 heterocycles. The quantitative estimate of drug-likeness (QED) is 0.887. The molecular weight excluding hydrogens is 226 g/mol. The number of anilines is 1. The van der Waals surface area contributed by atoms with Crippen LogP contribution in [-0.2, 0) is 0 Å². The predicted octanol–water partition coefficient (Wildman–Crippen LogP) is 2.04. The van der Waals surface area contributed by atoms with E-state index in [0.29, 0.717) is 5.92 Å². The SMILES string of the molecule is CC(C)Oc1cccnc1N1CCC(C(C)N)C1. The first-order valence-electron chi connectivity index (χ1n) is 6.70. The van der Waals surface area contributed by atoms with E-state index in [1.54, 1.807) is 0 Å². The van der Waals surface area contributed by atoms with E-state index in [1.807, 2.05) is 32.2 Å². The van der Waals surface area contributed by atoms with Gasteiger partial charge in [-0.25, -0.2) is 4.98 Å². The number of nitrogens with two attached hydrogens (primary N) is 1. The van der Waals surface area contributed by atoms with Gasteiger partial charge in [0.1, 0.15) is 0 Å². The molecule has 4 heteroatoms. The molecule has 0 amide bonds. The van der Waals surface area contributed by atoms with Crippen LogP contribution >= 0.6 is 0 Å². The topological polar surface area (TPSA) is 51.4 Å². The number of aromatic nitrogens is 1. The molecule has 18 heavy (non-hydrogen) atoms. The zero-order chi connectivity index (χ0) is 13.1. The summed E-state index contributed by atoms with van der Waals surface area (Å²) in [5, 5.41) is 0. The fourth-order valence-electron chi connectivity index (χ4n) is 2.37. The van der Waals surface area contributed by atoms with Crippen molar-refractivity contribution >= 4 is 5.82 Å². The maximum Gasteiger partial charge on any atom is 0.171 e. The molecule has 2 atom stereocenters. The average molecular weight is 249 g/mol. The van der Waals surface area contributed by atoms with Gasteiger partial charge in [-0.1, -0.05) is 0 Å². The fraction of sp³-hybridized carbons (Fsp3) is 0.643. The monoisotopic (exact) mass is 249 g/mol. The van der Waals surface area contributed by atoms with Crippen molar-refractivity contribution in [2.45, 2.75) is 39.3 Å². The van der Waals surface area contributed by atoms with Crippen molar-refractivity contribution in [3.05, 3.63) is 18.3 Å². The van der Waals surface area contributed by atoms with Crippen LogP contribution in [0.5, 0.6) is 5.75 Å². The standard InChI is InChI=1S/C14H23N3O/c1-10(2)18-13-5-4-7-16-14(13)17-8-6-12(9-17)11(3)15/h4-5,7,10-12H,6,8-9,15H2,1-3H3. The van der Waals surface area contributed by atoms with Gasteiger partial charge in [0.2, 0.25) is 0 Å². The molecule has 2 rings (SSSR count). The third-order valence-corrected chi connectivity index (χ3v) is 3.38. The van der Waals surface area contributed by atoms with Gasteiger partial charge in [-0.05, 0) is 45.2 Å². The fourth-order valence-corrected chi connectivity index (χ4v) is 2.37. The lowest BCUT2D eigenvalue weighted by molar-refractivity contribution is 0.242. The van der Waals surface area contributed by atoms with Gasteiger partial charge in [-0.3, -0.25) is 0 Å². The summed E-state index contributed by atoms with van der Waals surface area (Å²) in [7, 11) is 0. The molecule has 0 aromatic carbocycles. The molecule has 0 bridgehead atoms. The lowest BCUT2D eigenvalue weighted by Gasteiger charge is -2.22. The first kappa shape index (κ1) is 13.1. The maximum atomic E-state index is 5.98. The number of hydrogen-bond donors (Lipinski definition) is 1. The molecule has 2 unspecified atom stereocenters. The molecule has 0 radical (unpaired) electrons. The summed E-state index contributed by atoms with van der Waals surface area (Å²) in [5.74, 6) is 2.38. The van der Waals surface area contributed by atoms with Crippen LogP contribution in [-0.4, -0.2) is 30.2 Å². The summed E-state index contributed by atoms with van der Waals surface area (Å²) in [5.41, 5.74) is 5.98. The summed E-state index contributed by atoms with van der Waals surface area (Å²) >= 11 is 0. The molecule has 0 saturated carbocycles. The Morgan fingerprint density at radius 2 is 2.22 bits per heavy atom. The zero-order valence-corrected chi connectivity index (χ0v) is 11.5. The molecule has 1 aromatic heterocycles. The van der Waals surface area contributed by atoms with Gasteiger partial charge < -0.3 is 15.4 Å². The summed E-state index contributed by atoms with van der Waals surface area (Å²) in [6.07, 6.45) is 3.12. The number of rotatable bonds is 4. The predicted molar refractivity (Wildman–Crippen MR) is 74.0 cm³/mol. The lowest BCUT2D eigenvalue weighted by Crippen LogP contribution is -2.30. The van der Waals surface area contributed by atoms with Gasteiger partial charge >= 0.3 is 0 Å². The van der Waals surface area contributed by atoms with E-state index < -0.39 is 0 Å². The van der Waals surface area contributed by atoms with Crippen LogP contribution in [0.2, 0.25) is 0 Å². The van der Waals surface area contributed by atoms with E-state index in [1.165, 1.54) is 0 Å². The Balaban J connectivity index is 2.14. The Hall–Kier alpha value is -1.29. The van der Waals surface area contributed by atoms with Gasteiger partial charge in [-0.15, -0.1) is 0 Å². The van der Waals surface area contributed by atoms with Gasteiger partial charge in [0, 0.05) is 25.3 Å². The molecule has 0 spiro atoms. The smallest absolute Gasteiger partial charge is 0.171 e. The minimum atomic E-state index is 0.166. The van der Waals surface area contributed by atoms with E-state index in [4.69, 9.17) is 10.5 Å². The molecule has 0 aliphatic carbocycles. The number of pyridine rings is 1. The second-order valence-electron chi connectivity index (χ2n) is 5.35. The van der Waals surface area contributed by atoms with Gasteiger partial charge in [0.15, 0.2) is 11.6 Å². The first-order chi connectivity index (χ1) is 8.58. The van der Waals surface area contributed by atoms with Crippen molar-refractivity contribution in [3.63, 3.8) is 0 Å². The number of hydrogen-bond acceptors (Lipinski definition) is 4. The van der Waals surface area contributed by atoms with Crippen LogP contribution in [0.25, 0.3) is 0 Å². The van der Waals surface area contributed by atoms with E-state index in [-0.39, 0.29) is 12.1 Å². The molecule has 1 aromatic rings. The van der Waals surface area contributed by atoms with Crippen molar-refractivity contribution in [3.8, 4) is 5.75 Å². The highest BCUT2D eigenvalue weighted by Gasteiger charge is 2.27. The third kappa shape index (κ3) is 2.93. The van der Waals surface area contributed by atoms with Gasteiger partial charge in [0.25, 0.3) is 0 Å². The van der Waals surface area contributed by atoms with E-state index in [0.717, 1.165) is 31.1 Å². The first-order valence-corrected chi connectivity index (χ1v) is 6.70. The van der Waals surface area contributed by atoms with Crippen molar-refractivity contribution in [2.75, 3.05) is 18.0 Å². The third-order valence-electron chi connectivity index (χ3n) is 3.38. The van der Waals surface area contributed by atoms with E-state index >= 15 is 0 Å². The minimum absolute atomic E-state index is 0.166. The van der Waals surface area contributed by atoms with Crippen LogP contribution in [0.1, 0.15) is 27.2 Å². The van der Waals surface area contributed by atoms with Crippen molar-refractivity contribution in [1.82, 2.24) is 4.98 Å². The van der Waals surface area contributed by atoms with Crippen LogP contribution in [0.3, 0.4) is 0 Å². The van der Waals surface area contributed by atoms with Gasteiger partial charge in [0.05, 0.1) is 6.10 Å². The Kier molecular flexibility index (Phi) is 4.07. The van der Waals surface area contributed by atoms with Crippen LogP contribution in [0, 0.1) is 5.92 Å². The summed E-state index contributed by atoms with van der Waals surface area (Å²) in [6, 6.07) is 4.15. The molecule has 100 valence electrons. The molecule has 1 aliphatic rings. The van der Waals surface area contributed by atoms with Gasteiger partial charge in [-0.2, -0.15) is 0 Å². The summed E-state index contributed by atoms with van der Waals surface area (Å²) in [6.45, 7) is 8.13. The number of nitrogens with zero attached hydrogens (tertiary/aromatic N) is 2. The lowest BCUT2D eigenvalue weighted by atomic mass is 10.0. The largest absolute Gasteiger partial charge is 0.487 e. The molecule has 4 nitrogen and oxygen atoms in total. The maximum absolute atomic E-state index is 5.98. The number of ether oxygens (including phenoxy) is 1. The highest BCUT2D eigenvalue weighted by Crippen LogP contribution is 2.31. The van der Waals surface area contributed by atoms with Crippen molar-refractivity contribution < 1.29 is 4.74 Å². The highest BCUT2D eigenvalue weighted by atomic mass is 16.5. The van der Waals surface area contributed by atoms with Crippen LogP contribution in [0.4, 0.5) is 5.82 Å². The molecule has 1 fully saturated rings.